The smallest absolute Gasteiger partial charge is 0.148 e. The van der Waals surface area contributed by atoms with Crippen LogP contribution in [0.4, 0.5) is 5.82 Å². The topological polar surface area (TPSA) is 51.0 Å². The molecule has 2 aromatic heterocycles. The minimum atomic E-state index is 0.791. The van der Waals surface area contributed by atoms with Gasteiger partial charge in [-0.15, -0.1) is 5.10 Å². The molecule has 0 aliphatic carbocycles. The van der Waals surface area contributed by atoms with E-state index in [1.54, 1.807) is 12.5 Å². The van der Waals surface area contributed by atoms with Gasteiger partial charge < -0.3 is 9.73 Å². The zero-order valence-electron chi connectivity index (χ0n) is 7.68. The third kappa shape index (κ3) is 2.32. The Morgan fingerprint density at radius 3 is 3.00 bits per heavy atom. The number of nitrogens with zero attached hydrogens (tertiary/aromatic N) is 2. The average Bonchev–Trinajstić information content (AvgIpc) is 2.72. The van der Waals surface area contributed by atoms with Crippen LogP contribution in [0.5, 0.6) is 0 Å². The maximum absolute atomic E-state index is 5.20. The fourth-order valence-corrected chi connectivity index (χ4v) is 1.16. The van der Waals surface area contributed by atoms with Crippen LogP contribution in [0, 0.1) is 0 Å². The first kappa shape index (κ1) is 8.74. The zero-order valence-corrected chi connectivity index (χ0v) is 7.68. The Morgan fingerprint density at radius 2 is 2.29 bits per heavy atom. The molecule has 2 aromatic rings. The monoisotopic (exact) mass is 189 g/mol. The van der Waals surface area contributed by atoms with Gasteiger partial charge >= 0.3 is 0 Å². The number of anilines is 1. The van der Waals surface area contributed by atoms with Gasteiger partial charge in [-0.25, -0.2) is 0 Å². The molecule has 2 rings (SSSR count). The van der Waals surface area contributed by atoms with E-state index in [9.17, 15) is 0 Å². The van der Waals surface area contributed by atoms with Gasteiger partial charge in [0.2, 0.25) is 0 Å². The summed E-state index contributed by atoms with van der Waals surface area (Å²) in [5.41, 5.74) is 0. The first-order chi connectivity index (χ1) is 6.95. The van der Waals surface area contributed by atoms with Crippen molar-refractivity contribution in [3.8, 4) is 0 Å². The Hall–Kier alpha value is -1.84. The highest BCUT2D eigenvalue weighted by atomic mass is 16.3. The predicted molar refractivity (Wildman–Crippen MR) is 52.9 cm³/mol. The van der Waals surface area contributed by atoms with E-state index in [2.05, 4.69) is 15.5 Å². The molecule has 72 valence electrons. The molecule has 0 spiro atoms. The fourth-order valence-electron chi connectivity index (χ4n) is 1.16. The maximum Gasteiger partial charge on any atom is 0.148 e. The van der Waals surface area contributed by atoms with Crippen molar-refractivity contribution in [1.82, 2.24) is 10.2 Å². The average molecular weight is 189 g/mol. The van der Waals surface area contributed by atoms with E-state index in [4.69, 9.17) is 4.42 Å². The SMILES string of the molecule is c1cnnc(NCCc2ccco2)c1. The summed E-state index contributed by atoms with van der Waals surface area (Å²) in [6, 6.07) is 7.58. The first-order valence-electron chi connectivity index (χ1n) is 4.49. The standard InChI is InChI=1S/C10H11N3O/c1-4-10(13-12-6-1)11-7-5-9-3-2-8-14-9/h1-4,6,8H,5,7H2,(H,11,13). The van der Waals surface area contributed by atoms with E-state index in [0.29, 0.717) is 0 Å². The largest absolute Gasteiger partial charge is 0.469 e. The van der Waals surface area contributed by atoms with Gasteiger partial charge in [-0.1, -0.05) is 0 Å². The van der Waals surface area contributed by atoms with Crippen LogP contribution >= 0.6 is 0 Å². The van der Waals surface area contributed by atoms with Crippen molar-refractivity contribution in [2.24, 2.45) is 0 Å². The normalized spacial score (nSPS) is 10.0. The van der Waals surface area contributed by atoms with Gasteiger partial charge in [0.25, 0.3) is 0 Å². The van der Waals surface area contributed by atoms with Gasteiger partial charge in [0.15, 0.2) is 0 Å². The van der Waals surface area contributed by atoms with Gasteiger partial charge in [0.1, 0.15) is 11.6 Å². The van der Waals surface area contributed by atoms with Crippen LogP contribution in [0.2, 0.25) is 0 Å². The number of hydrogen-bond donors (Lipinski definition) is 1. The maximum atomic E-state index is 5.20. The van der Waals surface area contributed by atoms with Crippen molar-refractivity contribution >= 4 is 5.82 Å². The van der Waals surface area contributed by atoms with Gasteiger partial charge in [0, 0.05) is 19.2 Å². The second-order valence-corrected chi connectivity index (χ2v) is 2.87. The predicted octanol–water partition coefficient (Wildman–Crippen LogP) is 1.72. The van der Waals surface area contributed by atoms with Crippen LogP contribution in [0.3, 0.4) is 0 Å². The molecule has 0 saturated carbocycles. The van der Waals surface area contributed by atoms with Crippen molar-refractivity contribution < 1.29 is 4.42 Å². The zero-order chi connectivity index (χ0) is 9.64. The number of nitrogens with one attached hydrogen (secondary N) is 1. The Balaban J connectivity index is 1.79. The molecule has 0 aliphatic heterocycles. The van der Waals surface area contributed by atoms with Crippen LogP contribution in [-0.2, 0) is 6.42 Å². The molecular formula is C10H11N3O. The molecule has 0 aromatic carbocycles. The molecule has 4 nitrogen and oxygen atoms in total. The van der Waals surface area contributed by atoms with E-state index < -0.39 is 0 Å². The minimum absolute atomic E-state index is 0.791. The quantitative estimate of drug-likeness (QED) is 0.795. The minimum Gasteiger partial charge on any atom is -0.469 e. The van der Waals surface area contributed by atoms with Gasteiger partial charge in [-0.05, 0) is 24.3 Å². The van der Waals surface area contributed by atoms with E-state index in [-0.39, 0.29) is 0 Å². The highest BCUT2D eigenvalue weighted by molar-refractivity contribution is 5.31. The molecule has 0 bridgehead atoms. The Kier molecular flexibility index (Phi) is 2.76. The number of furan rings is 1. The molecule has 0 unspecified atom stereocenters. The molecule has 2 heterocycles. The molecular weight excluding hydrogens is 178 g/mol. The lowest BCUT2D eigenvalue weighted by atomic mass is 10.3. The summed E-state index contributed by atoms with van der Waals surface area (Å²) >= 11 is 0. The molecule has 0 aliphatic rings. The van der Waals surface area contributed by atoms with Crippen molar-refractivity contribution in [3.05, 3.63) is 42.5 Å². The number of rotatable bonds is 4. The van der Waals surface area contributed by atoms with Crippen LogP contribution in [-0.4, -0.2) is 16.7 Å². The summed E-state index contributed by atoms with van der Waals surface area (Å²) in [7, 11) is 0. The fraction of sp³-hybridized carbons (Fsp3) is 0.200. The molecule has 0 radical (unpaired) electrons. The second-order valence-electron chi connectivity index (χ2n) is 2.87. The molecule has 0 saturated heterocycles. The highest BCUT2D eigenvalue weighted by Crippen LogP contribution is 2.02. The Labute approximate surface area is 82.0 Å². The van der Waals surface area contributed by atoms with Crippen LogP contribution in [0.25, 0.3) is 0 Å². The lowest BCUT2D eigenvalue weighted by Crippen LogP contribution is -2.05. The molecule has 0 fully saturated rings. The van der Waals surface area contributed by atoms with Gasteiger partial charge in [-0.3, -0.25) is 0 Å². The van der Waals surface area contributed by atoms with Gasteiger partial charge in [0.05, 0.1) is 6.26 Å². The Morgan fingerprint density at radius 1 is 1.29 bits per heavy atom. The lowest BCUT2D eigenvalue weighted by molar-refractivity contribution is 0.513. The second kappa shape index (κ2) is 4.41. The molecule has 0 amide bonds. The third-order valence-electron chi connectivity index (χ3n) is 1.83. The first-order valence-corrected chi connectivity index (χ1v) is 4.49. The van der Waals surface area contributed by atoms with E-state index in [1.165, 1.54) is 0 Å². The van der Waals surface area contributed by atoms with Gasteiger partial charge in [-0.2, -0.15) is 5.10 Å². The third-order valence-corrected chi connectivity index (χ3v) is 1.83. The van der Waals surface area contributed by atoms with Crippen molar-refractivity contribution in [2.45, 2.75) is 6.42 Å². The van der Waals surface area contributed by atoms with Crippen LogP contribution < -0.4 is 5.32 Å². The molecule has 14 heavy (non-hydrogen) atoms. The highest BCUT2D eigenvalue weighted by Gasteiger charge is 1.95. The molecule has 0 atom stereocenters. The Bertz CT molecular complexity index is 358. The van der Waals surface area contributed by atoms with Crippen molar-refractivity contribution in [1.29, 1.82) is 0 Å². The summed E-state index contributed by atoms with van der Waals surface area (Å²) < 4.78 is 5.20. The van der Waals surface area contributed by atoms with Crippen molar-refractivity contribution in [2.75, 3.05) is 11.9 Å². The van der Waals surface area contributed by atoms with E-state index in [1.807, 2.05) is 24.3 Å². The molecule has 4 heteroatoms. The van der Waals surface area contributed by atoms with Crippen LogP contribution in [0.15, 0.2) is 41.1 Å². The van der Waals surface area contributed by atoms with Crippen LogP contribution in [0.1, 0.15) is 5.76 Å². The number of hydrogen-bond acceptors (Lipinski definition) is 4. The van der Waals surface area contributed by atoms with Crippen molar-refractivity contribution in [3.63, 3.8) is 0 Å². The summed E-state index contributed by atoms with van der Waals surface area (Å²) in [6.07, 6.45) is 4.18. The molecule has 1 N–H and O–H groups in total. The summed E-state index contributed by atoms with van der Waals surface area (Å²) in [4.78, 5) is 0. The summed E-state index contributed by atoms with van der Waals surface area (Å²) in [6.45, 7) is 0.798. The van der Waals surface area contributed by atoms with E-state index in [0.717, 1.165) is 24.5 Å². The lowest BCUT2D eigenvalue weighted by Gasteiger charge is -2.01. The van der Waals surface area contributed by atoms with E-state index >= 15 is 0 Å². The number of aromatic nitrogens is 2. The summed E-state index contributed by atoms with van der Waals surface area (Å²) in [5.74, 6) is 1.76. The summed E-state index contributed by atoms with van der Waals surface area (Å²) in [5, 5.41) is 10.8.